The highest BCUT2D eigenvalue weighted by Gasteiger charge is 2.28. The summed E-state index contributed by atoms with van der Waals surface area (Å²) in [6.45, 7) is 0.339. The molecule has 1 N–H and O–H groups in total. The largest absolute Gasteiger partial charge is 0.480 e. The van der Waals surface area contributed by atoms with Crippen LogP contribution in [0.2, 0.25) is 0 Å². The van der Waals surface area contributed by atoms with Crippen LogP contribution in [0.15, 0.2) is 15.9 Å². The molecule has 17 heavy (non-hydrogen) atoms. The van der Waals surface area contributed by atoms with Crippen LogP contribution in [0.1, 0.15) is 22.5 Å². The van der Waals surface area contributed by atoms with Gasteiger partial charge in [-0.25, -0.2) is 0 Å². The number of carboxylic acids is 1. The summed E-state index contributed by atoms with van der Waals surface area (Å²) in [6.07, 6.45) is 2.19. The summed E-state index contributed by atoms with van der Waals surface area (Å²) in [6, 6.07) is 3.52. The zero-order valence-corrected chi connectivity index (χ0v) is 11.5. The minimum Gasteiger partial charge on any atom is -0.480 e. The lowest BCUT2D eigenvalue weighted by molar-refractivity contribution is -0.137. The van der Waals surface area contributed by atoms with Crippen molar-refractivity contribution in [1.29, 1.82) is 0 Å². The Morgan fingerprint density at radius 3 is 2.65 bits per heavy atom. The number of halogens is 1. The third-order valence-corrected chi connectivity index (χ3v) is 4.18. The van der Waals surface area contributed by atoms with Gasteiger partial charge in [0.2, 0.25) is 0 Å². The third kappa shape index (κ3) is 3.54. The molecule has 1 saturated carbocycles. The third-order valence-electron chi connectivity index (χ3n) is 2.57. The molecule has 1 amide bonds. The van der Waals surface area contributed by atoms with E-state index in [0.717, 1.165) is 16.6 Å². The normalized spacial score (nSPS) is 14.6. The average Bonchev–Trinajstić information content (AvgIpc) is 2.96. The van der Waals surface area contributed by atoms with E-state index in [9.17, 15) is 9.59 Å². The predicted octanol–water partition coefficient (Wildman–Crippen LogP) is 2.45. The van der Waals surface area contributed by atoms with E-state index in [1.807, 2.05) is 0 Å². The van der Waals surface area contributed by atoms with E-state index in [1.165, 1.54) is 16.2 Å². The van der Waals surface area contributed by atoms with Crippen LogP contribution >= 0.6 is 27.3 Å². The maximum atomic E-state index is 12.1. The summed E-state index contributed by atoms with van der Waals surface area (Å²) >= 11 is 4.63. The molecule has 92 valence electrons. The van der Waals surface area contributed by atoms with Crippen LogP contribution < -0.4 is 0 Å². The zero-order chi connectivity index (χ0) is 12.4. The molecule has 1 fully saturated rings. The molecule has 1 aliphatic carbocycles. The van der Waals surface area contributed by atoms with Gasteiger partial charge in [0.1, 0.15) is 6.54 Å². The zero-order valence-electron chi connectivity index (χ0n) is 9.06. The van der Waals surface area contributed by atoms with Gasteiger partial charge >= 0.3 is 5.97 Å². The lowest BCUT2D eigenvalue weighted by atomic mass is 10.3. The van der Waals surface area contributed by atoms with Crippen molar-refractivity contribution in [3.8, 4) is 0 Å². The number of amides is 1. The number of nitrogens with zero attached hydrogens (tertiary/aromatic N) is 1. The van der Waals surface area contributed by atoms with Gasteiger partial charge < -0.3 is 10.0 Å². The van der Waals surface area contributed by atoms with Gasteiger partial charge in [0, 0.05) is 6.54 Å². The molecule has 0 saturated heterocycles. The predicted molar refractivity (Wildman–Crippen MR) is 68.3 cm³/mol. The highest BCUT2D eigenvalue weighted by molar-refractivity contribution is 9.11. The van der Waals surface area contributed by atoms with Crippen LogP contribution in [-0.2, 0) is 4.79 Å². The van der Waals surface area contributed by atoms with Gasteiger partial charge in [-0.15, -0.1) is 11.3 Å². The number of hydrogen-bond acceptors (Lipinski definition) is 3. The average molecular weight is 318 g/mol. The Kier molecular flexibility index (Phi) is 3.83. The van der Waals surface area contributed by atoms with E-state index >= 15 is 0 Å². The Balaban J connectivity index is 2.07. The van der Waals surface area contributed by atoms with Crippen molar-refractivity contribution in [2.24, 2.45) is 5.92 Å². The van der Waals surface area contributed by atoms with Crippen molar-refractivity contribution in [3.05, 3.63) is 20.8 Å². The van der Waals surface area contributed by atoms with Gasteiger partial charge in [0.05, 0.1) is 8.66 Å². The number of aliphatic carboxylic acids is 1. The van der Waals surface area contributed by atoms with E-state index in [2.05, 4.69) is 15.9 Å². The summed E-state index contributed by atoms with van der Waals surface area (Å²) in [5.74, 6) is -0.661. The summed E-state index contributed by atoms with van der Waals surface area (Å²) in [7, 11) is 0. The first kappa shape index (κ1) is 12.6. The Morgan fingerprint density at radius 1 is 1.47 bits per heavy atom. The van der Waals surface area contributed by atoms with E-state index in [4.69, 9.17) is 5.11 Å². The van der Waals surface area contributed by atoms with E-state index in [1.54, 1.807) is 12.1 Å². The molecule has 2 rings (SSSR count). The standard InChI is InChI=1S/C11H12BrNO3S/c12-9-4-3-8(17-9)11(16)13(6-10(14)15)5-7-1-2-7/h3-4,7H,1-2,5-6H2,(H,14,15). The van der Waals surface area contributed by atoms with Gasteiger partial charge in [-0.3, -0.25) is 9.59 Å². The second kappa shape index (κ2) is 5.18. The molecule has 0 atom stereocenters. The number of hydrogen-bond donors (Lipinski definition) is 1. The van der Waals surface area contributed by atoms with Crippen molar-refractivity contribution in [1.82, 2.24) is 4.90 Å². The van der Waals surface area contributed by atoms with Crippen LogP contribution in [-0.4, -0.2) is 35.0 Å². The maximum Gasteiger partial charge on any atom is 0.323 e. The minimum atomic E-state index is -0.963. The summed E-state index contributed by atoms with van der Waals surface area (Å²) in [5, 5.41) is 8.82. The van der Waals surface area contributed by atoms with Crippen LogP contribution in [0.5, 0.6) is 0 Å². The fourth-order valence-corrected chi connectivity index (χ4v) is 2.93. The molecule has 0 aromatic carbocycles. The number of carboxylic acid groups (broad SMARTS) is 1. The van der Waals surface area contributed by atoms with Gasteiger partial charge in [-0.2, -0.15) is 0 Å². The molecule has 0 spiro atoms. The molecule has 1 heterocycles. The summed E-state index contributed by atoms with van der Waals surface area (Å²) in [5.41, 5.74) is 0. The second-order valence-corrected chi connectivity index (χ2v) is 6.59. The molecule has 0 unspecified atom stereocenters. The fraction of sp³-hybridized carbons (Fsp3) is 0.455. The molecule has 0 bridgehead atoms. The van der Waals surface area contributed by atoms with E-state index in [0.29, 0.717) is 17.3 Å². The van der Waals surface area contributed by atoms with Crippen LogP contribution in [0.4, 0.5) is 0 Å². The van der Waals surface area contributed by atoms with Crippen molar-refractivity contribution < 1.29 is 14.7 Å². The summed E-state index contributed by atoms with van der Waals surface area (Å²) in [4.78, 5) is 24.9. The Labute approximate surface area is 111 Å². The molecule has 1 aromatic rings. The fourth-order valence-electron chi connectivity index (χ4n) is 1.58. The van der Waals surface area contributed by atoms with Crippen LogP contribution in [0.25, 0.3) is 0 Å². The van der Waals surface area contributed by atoms with Gasteiger partial charge in [-0.1, -0.05) is 0 Å². The molecular weight excluding hydrogens is 306 g/mol. The smallest absolute Gasteiger partial charge is 0.323 e. The van der Waals surface area contributed by atoms with Crippen molar-refractivity contribution in [2.75, 3.05) is 13.1 Å². The van der Waals surface area contributed by atoms with Gasteiger partial charge in [0.25, 0.3) is 5.91 Å². The quantitative estimate of drug-likeness (QED) is 0.907. The van der Waals surface area contributed by atoms with Crippen molar-refractivity contribution in [2.45, 2.75) is 12.8 Å². The number of rotatable bonds is 5. The van der Waals surface area contributed by atoms with Crippen molar-refractivity contribution >= 4 is 39.1 Å². The first-order valence-electron chi connectivity index (χ1n) is 5.32. The highest BCUT2D eigenvalue weighted by Crippen LogP contribution is 2.31. The Hall–Kier alpha value is -0.880. The lowest BCUT2D eigenvalue weighted by Crippen LogP contribution is -2.36. The van der Waals surface area contributed by atoms with Crippen molar-refractivity contribution in [3.63, 3.8) is 0 Å². The molecule has 1 aliphatic rings. The molecule has 0 aliphatic heterocycles. The number of thiophene rings is 1. The van der Waals surface area contributed by atoms with E-state index in [-0.39, 0.29) is 12.5 Å². The van der Waals surface area contributed by atoms with E-state index < -0.39 is 5.97 Å². The minimum absolute atomic E-state index is 0.185. The first-order chi connectivity index (χ1) is 8.06. The Morgan fingerprint density at radius 2 is 2.18 bits per heavy atom. The second-order valence-electron chi connectivity index (χ2n) is 4.13. The molecule has 0 radical (unpaired) electrons. The monoisotopic (exact) mass is 317 g/mol. The number of carbonyl (C=O) groups excluding carboxylic acids is 1. The molecule has 4 nitrogen and oxygen atoms in total. The number of carbonyl (C=O) groups is 2. The highest BCUT2D eigenvalue weighted by atomic mass is 79.9. The SMILES string of the molecule is O=C(O)CN(CC1CC1)C(=O)c1ccc(Br)s1. The first-order valence-corrected chi connectivity index (χ1v) is 6.93. The molecular formula is C11H12BrNO3S. The van der Waals surface area contributed by atoms with Crippen LogP contribution in [0.3, 0.4) is 0 Å². The molecule has 6 heteroatoms. The maximum absolute atomic E-state index is 12.1. The van der Waals surface area contributed by atoms with Crippen LogP contribution in [0, 0.1) is 5.92 Å². The molecule has 1 aromatic heterocycles. The Bertz CT molecular complexity index is 442. The summed E-state index contributed by atoms with van der Waals surface area (Å²) < 4.78 is 0.877. The van der Waals surface area contributed by atoms with Gasteiger partial charge in [-0.05, 0) is 46.8 Å². The lowest BCUT2D eigenvalue weighted by Gasteiger charge is -2.19. The topological polar surface area (TPSA) is 57.6 Å². The van der Waals surface area contributed by atoms with Gasteiger partial charge in [0.15, 0.2) is 0 Å².